The molecule has 0 unspecified atom stereocenters. The first-order chi connectivity index (χ1) is 7.38. The van der Waals surface area contributed by atoms with Crippen molar-refractivity contribution >= 4 is 12.0 Å². The molecule has 0 aromatic heterocycles. The molecule has 1 aliphatic heterocycles. The number of rotatable bonds is 3. The Bertz CT molecular complexity index is 293. The SMILES string of the molecule is OSc1ccc(CN2CCCCC2)cc1. The van der Waals surface area contributed by atoms with Crippen LogP contribution in [0, 0.1) is 0 Å². The Balaban J connectivity index is 1.91. The molecule has 0 atom stereocenters. The van der Waals surface area contributed by atoms with E-state index in [4.69, 9.17) is 4.55 Å². The second-order valence-electron chi connectivity index (χ2n) is 4.07. The molecule has 0 radical (unpaired) electrons. The lowest BCUT2D eigenvalue weighted by molar-refractivity contribution is 0.221. The Labute approximate surface area is 95.5 Å². The Morgan fingerprint density at radius 2 is 1.73 bits per heavy atom. The van der Waals surface area contributed by atoms with Gasteiger partial charge in [-0.15, -0.1) is 0 Å². The smallest absolute Gasteiger partial charge is 0.0351 e. The van der Waals surface area contributed by atoms with Gasteiger partial charge in [0.15, 0.2) is 0 Å². The standard InChI is InChI=1S/C12H17NOS/c14-15-12-6-4-11(5-7-12)10-13-8-2-1-3-9-13/h4-7,14H,1-3,8-10H2. The summed E-state index contributed by atoms with van der Waals surface area (Å²) in [6.07, 6.45) is 4.06. The van der Waals surface area contributed by atoms with Crippen LogP contribution in [0.4, 0.5) is 0 Å². The summed E-state index contributed by atoms with van der Waals surface area (Å²) >= 11 is 0.810. The molecule has 1 heterocycles. The molecule has 82 valence electrons. The maximum absolute atomic E-state index is 8.86. The minimum absolute atomic E-state index is 0.810. The van der Waals surface area contributed by atoms with Gasteiger partial charge in [0.05, 0.1) is 0 Å². The van der Waals surface area contributed by atoms with Gasteiger partial charge in [-0.25, -0.2) is 0 Å². The fourth-order valence-electron chi connectivity index (χ4n) is 2.03. The Morgan fingerprint density at radius 3 is 2.33 bits per heavy atom. The van der Waals surface area contributed by atoms with E-state index < -0.39 is 0 Å². The molecular weight excluding hydrogens is 206 g/mol. The van der Waals surface area contributed by atoms with Crippen molar-refractivity contribution in [2.24, 2.45) is 0 Å². The molecule has 0 bridgehead atoms. The minimum Gasteiger partial charge on any atom is -0.325 e. The number of hydrogen-bond acceptors (Lipinski definition) is 3. The molecule has 2 rings (SSSR count). The maximum Gasteiger partial charge on any atom is 0.0351 e. The molecular formula is C12H17NOS. The van der Waals surface area contributed by atoms with E-state index in [0.29, 0.717) is 0 Å². The lowest BCUT2D eigenvalue weighted by Gasteiger charge is -2.26. The number of benzene rings is 1. The Kier molecular flexibility index (Phi) is 4.06. The fraction of sp³-hybridized carbons (Fsp3) is 0.500. The summed E-state index contributed by atoms with van der Waals surface area (Å²) in [7, 11) is 0. The van der Waals surface area contributed by atoms with Crippen LogP contribution in [0.1, 0.15) is 24.8 Å². The van der Waals surface area contributed by atoms with Gasteiger partial charge in [-0.2, -0.15) is 0 Å². The lowest BCUT2D eigenvalue weighted by atomic mass is 10.1. The average Bonchev–Trinajstić information content (AvgIpc) is 2.31. The number of piperidine rings is 1. The van der Waals surface area contributed by atoms with E-state index in [2.05, 4.69) is 17.0 Å². The van der Waals surface area contributed by atoms with Crippen molar-refractivity contribution in [2.75, 3.05) is 13.1 Å². The van der Waals surface area contributed by atoms with Crippen molar-refractivity contribution in [2.45, 2.75) is 30.7 Å². The van der Waals surface area contributed by atoms with Crippen LogP contribution in [-0.4, -0.2) is 22.5 Å². The molecule has 1 aliphatic rings. The largest absolute Gasteiger partial charge is 0.325 e. The van der Waals surface area contributed by atoms with Gasteiger partial charge in [0.2, 0.25) is 0 Å². The van der Waals surface area contributed by atoms with E-state index in [0.717, 1.165) is 23.5 Å². The summed E-state index contributed by atoms with van der Waals surface area (Å²) in [5.74, 6) is 0. The zero-order chi connectivity index (χ0) is 10.5. The van der Waals surface area contributed by atoms with Crippen molar-refractivity contribution in [3.63, 3.8) is 0 Å². The number of hydrogen-bond donors (Lipinski definition) is 1. The normalized spacial score (nSPS) is 17.9. The van der Waals surface area contributed by atoms with E-state index in [1.807, 2.05) is 12.1 Å². The zero-order valence-electron chi connectivity index (χ0n) is 8.85. The summed E-state index contributed by atoms with van der Waals surface area (Å²) in [6, 6.07) is 8.16. The van der Waals surface area contributed by atoms with Crippen LogP contribution in [0.15, 0.2) is 29.2 Å². The summed E-state index contributed by atoms with van der Waals surface area (Å²) in [6.45, 7) is 3.52. The van der Waals surface area contributed by atoms with Crippen LogP contribution < -0.4 is 0 Å². The molecule has 1 aromatic carbocycles. The lowest BCUT2D eigenvalue weighted by Crippen LogP contribution is -2.28. The first-order valence-corrected chi connectivity index (χ1v) is 6.28. The molecule has 3 heteroatoms. The minimum atomic E-state index is 0.810. The highest BCUT2D eigenvalue weighted by Crippen LogP contribution is 2.17. The monoisotopic (exact) mass is 223 g/mol. The van der Waals surface area contributed by atoms with Crippen LogP contribution >= 0.6 is 12.0 Å². The van der Waals surface area contributed by atoms with Crippen molar-refractivity contribution in [3.05, 3.63) is 29.8 Å². The van der Waals surface area contributed by atoms with Gasteiger partial charge in [-0.05, 0) is 43.6 Å². The zero-order valence-corrected chi connectivity index (χ0v) is 9.67. The second kappa shape index (κ2) is 5.54. The van der Waals surface area contributed by atoms with E-state index in [9.17, 15) is 0 Å². The van der Waals surface area contributed by atoms with Crippen molar-refractivity contribution in [1.82, 2.24) is 4.90 Å². The van der Waals surface area contributed by atoms with Crippen LogP contribution in [0.5, 0.6) is 0 Å². The van der Waals surface area contributed by atoms with Gasteiger partial charge < -0.3 is 4.55 Å². The Morgan fingerprint density at radius 1 is 1.07 bits per heavy atom. The Hall–Kier alpha value is -0.510. The van der Waals surface area contributed by atoms with Gasteiger partial charge >= 0.3 is 0 Å². The van der Waals surface area contributed by atoms with Gasteiger partial charge in [-0.1, -0.05) is 18.6 Å². The molecule has 1 aromatic rings. The molecule has 15 heavy (non-hydrogen) atoms. The van der Waals surface area contributed by atoms with Crippen LogP contribution in [-0.2, 0) is 6.54 Å². The van der Waals surface area contributed by atoms with E-state index in [1.54, 1.807) is 0 Å². The highest BCUT2D eigenvalue weighted by molar-refractivity contribution is 7.93. The third kappa shape index (κ3) is 3.23. The summed E-state index contributed by atoms with van der Waals surface area (Å²) in [4.78, 5) is 3.42. The predicted molar refractivity (Wildman–Crippen MR) is 64.1 cm³/mol. The third-order valence-electron chi connectivity index (χ3n) is 2.88. The fourth-order valence-corrected chi connectivity index (χ4v) is 2.29. The quantitative estimate of drug-likeness (QED) is 0.796. The molecule has 1 fully saturated rings. The van der Waals surface area contributed by atoms with Crippen molar-refractivity contribution < 1.29 is 4.55 Å². The predicted octanol–water partition coefficient (Wildman–Crippen LogP) is 3.24. The molecule has 1 N–H and O–H groups in total. The van der Waals surface area contributed by atoms with Crippen molar-refractivity contribution in [1.29, 1.82) is 0 Å². The van der Waals surface area contributed by atoms with Crippen LogP contribution in [0.3, 0.4) is 0 Å². The van der Waals surface area contributed by atoms with Gasteiger partial charge in [0.25, 0.3) is 0 Å². The summed E-state index contributed by atoms with van der Waals surface area (Å²) in [5, 5.41) is 0. The van der Waals surface area contributed by atoms with Crippen LogP contribution in [0.25, 0.3) is 0 Å². The summed E-state index contributed by atoms with van der Waals surface area (Å²) < 4.78 is 8.86. The van der Waals surface area contributed by atoms with E-state index in [1.165, 1.54) is 37.9 Å². The van der Waals surface area contributed by atoms with Gasteiger partial charge in [0.1, 0.15) is 0 Å². The highest BCUT2D eigenvalue weighted by Gasteiger charge is 2.09. The molecule has 2 nitrogen and oxygen atoms in total. The maximum atomic E-state index is 8.86. The van der Waals surface area contributed by atoms with E-state index >= 15 is 0 Å². The molecule has 0 spiro atoms. The number of likely N-dealkylation sites (tertiary alicyclic amines) is 1. The third-order valence-corrected chi connectivity index (χ3v) is 3.37. The van der Waals surface area contributed by atoms with Gasteiger partial charge in [0, 0.05) is 23.5 Å². The van der Waals surface area contributed by atoms with Crippen LogP contribution in [0.2, 0.25) is 0 Å². The summed E-state index contributed by atoms with van der Waals surface area (Å²) in [5.41, 5.74) is 1.34. The average molecular weight is 223 g/mol. The van der Waals surface area contributed by atoms with Crippen molar-refractivity contribution in [3.8, 4) is 0 Å². The molecule has 0 saturated carbocycles. The topological polar surface area (TPSA) is 23.5 Å². The first-order valence-electron chi connectivity index (χ1n) is 5.51. The molecule has 1 saturated heterocycles. The molecule has 0 aliphatic carbocycles. The second-order valence-corrected chi connectivity index (χ2v) is 4.73. The number of nitrogens with zero attached hydrogens (tertiary/aromatic N) is 1. The highest BCUT2D eigenvalue weighted by atomic mass is 32.2. The first kappa shape index (κ1) is 11.0. The molecule has 0 amide bonds. The van der Waals surface area contributed by atoms with E-state index in [-0.39, 0.29) is 0 Å². The van der Waals surface area contributed by atoms with Gasteiger partial charge in [-0.3, -0.25) is 4.90 Å².